The summed E-state index contributed by atoms with van der Waals surface area (Å²) < 4.78 is 13.1. The molecule has 0 saturated carbocycles. The van der Waals surface area contributed by atoms with Gasteiger partial charge in [0.05, 0.1) is 0 Å². The highest BCUT2D eigenvalue weighted by atomic mass is 19.1. The number of aromatic nitrogens is 2. The van der Waals surface area contributed by atoms with Crippen molar-refractivity contribution in [2.24, 2.45) is 0 Å². The predicted molar refractivity (Wildman–Crippen MR) is 84.3 cm³/mol. The molecule has 0 radical (unpaired) electrons. The largest absolute Gasteiger partial charge is 0.370 e. The minimum atomic E-state index is -0.189. The van der Waals surface area contributed by atoms with Crippen LogP contribution in [0.25, 0.3) is 0 Å². The lowest BCUT2D eigenvalue weighted by molar-refractivity contribution is 0.625. The van der Waals surface area contributed by atoms with Crippen LogP contribution in [0.15, 0.2) is 24.5 Å². The smallest absolute Gasteiger partial charge is 0.134 e. The minimum Gasteiger partial charge on any atom is -0.370 e. The second-order valence-corrected chi connectivity index (χ2v) is 4.97. The zero-order valence-electron chi connectivity index (χ0n) is 12.7. The first-order chi connectivity index (χ1) is 10.1. The molecule has 112 valence electrons. The molecule has 4 nitrogen and oxygen atoms in total. The molecule has 21 heavy (non-hydrogen) atoms. The number of benzene rings is 1. The SMILES string of the molecule is CCNc1ncnc(NCCc2ccc(F)cc2C)c1C. The second kappa shape index (κ2) is 7.02. The van der Waals surface area contributed by atoms with Gasteiger partial charge in [-0.25, -0.2) is 14.4 Å². The third-order valence-corrected chi connectivity index (χ3v) is 3.42. The summed E-state index contributed by atoms with van der Waals surface area (Å²) in [6.45, 7) is 7.52. The molecular formula is C16H21FN4. The zero-order chi connectivity index (χ0) is 15.2. The van der Waals surface area contributed by atoms with Crippen LogP contribution in [0.1, 0.15) is 23.6 Å². The Morgan fingerprint density at radius 3 is 2.48 bits per heavy atom. The van der Waals surface area contributed by atoms with Crippen LogP contribution in [0.3, 0.4) is 0 Å². The van der Waals surface area contributed by atoms with Crippen molar-refractivity contribution in [1.82, 2.24) is 9.97 Å². The van der Waals surface area contributed by atoms with Crippen LogP contribution >= 0.6 is 0 Å². The van der Waals surface area contributed by atoms with E-state index in [-0.39, 0.29) is 5.82 Å². The van der Waals surface area contributed by atoms with E-state index in [1.165, 1.54) is 6.07 Å². The van der Waals surface area contributed by atoms with Crippen molar-refractivity contribution in [3.63, 3.8) is 0 Å². The topological polar surface area (TPSA) is 49.8 Å². The Morgan fingerprint density at radius 1 is 1.10 bits per heavy atom. The molecule has 2 N–H and O–H groups in total. The fraction of sp³-hybridized carbons (Fsp3) is 0.375. The number of nitrogens with one attached hydrogen (secondary N) is 2. The molecule has 0 aliphatic carbocycles. The maximum atomic E-state index is 13.1. The first-order valence-electron chi connectivity index (χ1n) is 7.16. The number of nitrogens with zero attached hydrogens (tertiary/aromatic N) is 2. The molecule has 0 unspecified atom stereocenters. The van der Waals surface area contributed by atoms with Crippen LogP contribution in [-0.4, -0.2) is 23.1 Å². The lowest BCUT2D eigenvalue weighted by Crippen LogP contribution is -2.11. The summed E-state index contributed by atoms with van der Waals surface area (Å²) in [6.07, 6.45) is 2.38. The quantitative estimate of drug-likeness (QED) is 0.856. The highest BCUT2D eigenvalue weighted by molar-refractivity contribution is 5.56. The highest BCUT2D eigenvalue weighted by Crippen LogP contribution is 2.18. The minimum absolute atomic E-state index is 0.189. The summed E-state index contributed by atoms with van der Waals surface area (Å²) in [7, 11) is 0. The van der Waals surface area contributed by atoms with Crippen LogP contribution in [0.5, 0.6) is 0 Å². The van der Waals surface area contributed by atoms with E-state index in [9.17, 15) is 4.39 Å². The number of halogens is 1. The van der Waals surface area contributed by atoms with E-state index in [1.807, 2.05) is 26.8 Å². The third-order valence-electron chi connectivity index (χ3n) is 3.42. The van der Waals surface area contributed by atoms with E-state index in [4.69, 9.17) is 0 Å². The molecule has 2 aromatic rings. The van der Waals surface area contributed by atoms with E-state index < -0.39 is 0 Å². The molecule has 0 aliphatic rings. The molecule has 1 aromatic carbocycles. The van der Waals surface area contributed by atoms with Gasteiger partial charge in [-0.2, -0.15) is 0 Å². The summed E-state index contributed by atoms with van der Waals surface area (Å²) in [6, 6.07) is 4.90. The van der Waals surface area contributed by atoms with E-state index in [0.717, 1.165) is 47.8 Å². The zero-order valence-corrected chi connectivity index (χ0v) is 12.7. The van der Waals surface area contributed by atoms with Crippen molar-refractivity contribution < 1.29 is 4.39 Å². The van der Waals surface area contributed by atoms with Crippen LogP contribution in [0.2, 0.25) is 0 Å². The standard InChI is InChI=1S/C16H21FN4/c1-4-18-15-12(3)16(21-10-20-15)19-8-7-13-5-6-14(17)9-11(13)2/h5-6,9-10H,4,7-8H2,1-3H3,(H2,18,19,20,21). The number of aryl methyl sites for hydroxylation is 1. The van der Waals surface area contributed by atoms with Crippen LogP contribution in [0.4, 0.5) is 16.0 Å². The van der Waals surface area contributed by atoms with Gasteiger partial charge in [0.2, 0.25) is 0 Å². The molecule has 2 rings (SSSR count). The third kappa shape index (κ3) is 3.90. The molecular weight excluding hydrogens is 267 g/mol. The van der Waals surface area contributed by atoms with Crippen molar-refractivity contribution in [1.29, 1.82) is 0 Å². The first kappa shape index (κ1) is 15.2. The molecule has 0 aliphatic heterocycles. The Hall–Kier alpha value is -2.17. The van der Waals surface area contributed by atoms with Crippen molar-refractivity contribution in [3.8, 4) is 0 Å². The Morgan fingerprint density at radius 2 is 1.81 bits per heavy atom. The van der Waals surface area contributed by atoms with Gasteiger partial charge in [0.15, 0.2) is 0 Å². The molecule has 1 heterocycles. The Balaban J connectivity index is 1.99. The monoisotopic (exact) mass is 288 g/mol. The highest BCUT2D eigenvalue weighted by Gasteiger charge is 2.06. The van der Waals surface area contributed by atoms with Gasteiger partial charge in [0.1, 0.15) is 23.8 Å². The summed E-state index contributed by atoms with van der Waals surface area (Å²) in [5, 5.41) is 6.52. The maximum Gasteiger partial charge on any atom is 0.134 e. The fourth-order valence-corrected chi connectivity index (χ4v) is 2.23. The molecule has 5 heteroatoms. The van der Waals surface area contributed by atoms with Crippen molar-refractivity contribution in [2.45, 2.75) is 27.2 Å². The summed E-state index contributed by atoms with van der Waals surface area (Å²) in [5.74, 6) is 1.50. The molecule has 0 atom stereocenters. The predicted octanol–water partition coefficient (Wildman–Crippen LogP) is 3.32. The van der Waals surface area contributed by atoms with E-state index >= 15 is 0 Å². The van der Waals surface area contributed by atoms with E-state index in [2.05, 4.69) is 20.6 Å². The van der Waals surface area contributed by atoms with Gasteiger partial charge in [0, 0.05) is 18.7 Å². The lowest BCUT2D eigenvalue weighted by atomic mass is 10.1. The van der Waals surface area contributed by atoms with Gasteiger partial charge in [0.25, 0.3) is 0 Å². The van der Waals surface area contributed by atoms with Crippen LogP contribution in [-0.2, 0) is 6.42 Å². The summed E-state index contributed by atoms with van der Waals surface area (Å²) in [5.41, 5.74) is 3.13. The van der Waals surface area contributed by atoms with Crippen LogP contribution in [0, 0.1) is 19.7 Å². The average Bonchev–Trinajstić information content (AvgIpc) is 2.45. The number of rotatable bonds is 6. The van der Waals surface area contributed by atoms with Gasteiger partial charge < -0.3 is 10.6 Å². The van der Waals surface area contributed by atoms with Gasteiger partial charge in [-0.15, -0.1) is 0 Å². The molecule has 0 bridgehead atoms. The van der Waals surface area contributed by atoms with Gasteiger partial charge in [-0.05, 0) is 50.5 Å². The lowest BCUT2D eigenvalue weighted by Gasteiger charge is -2.12. The normalized spacial score (nSPS) is 10.5. The Labute approximate surface area is 124 Å². The fourth-order valence-electron chi connectivity index (χ4n) is 2.23. The van der Waals surface area contributed by atoms with Crippen molar-refractivity contribution >= 4 is 11.6 Å². The van der Waals surface area contributed by atoms with Crippen molar-refractivity contribution in [2.75, 3.05) is 23.7 Å². The molecule has 1 aromatic heterocycles. The Bertz CT molecular complexity index is 613. The second-order valence-electron chi connectivity index (χ2n) is 4.97. The first-order valence-corrected chi connectivity index (χ1v) is 7.16. The molecule has 0 amide bonds. The Kier molecular flexibility index (Phi) is 5.09. The molecule has 0 spiro atoms. The van der Waals surface area contributed by atoms with Gasteiger partial charge in [-0.1, -0.05) is 6.07 Å². The van der Waals surface area contributed by atoms with E-state index in [1.54, 1.807) is 12.4 Å². The van der Waals surface area contributed by atoms with Crippen LogP contribution < -0.4 is 10.6 Å². The summed E-state index contributed by atoms with van der Waals surface area (Å²) >= 11 is 0. The average molecular weight is 288 g/mol. The summed E-state index contributed by atoms with van der Waals surface area (Å²) in [4.78, 5) is 8.48. The van der Waals surface area contributed by atoms with Gasteiger partial charge in [-0.3, -0.25) is 0 Å². The van der Waals surface area contributed by atoms with Crippen molar-refractivity contribution in [3.05, 3.63) is 47.0 Å². The van der Waals surface area contributed by atoms with Gasteiger partial charge >= 0.3 is 0 Å². The number of hydrogen-bond acceptors (Lipinski definition) is 4. The molecule has 0 fully saturated rings. The molecule has 0 saturated heterocycles. The number of hydrogen-bond donors (Lipinski definition) is 2. The maximum absolute atomic E-state index is 13.1. The number of anilines is 2. The van der Waals surface area contributed by atoms with E-state index in [0.29, 0.717) is 0 Å².